The van der Waals surface area contributed by atoms with Crippen molar-refractivity contribution in [2.24, 2.45) is 11.8 Å². The summed E-state index contributed by atoms with van der Waals surface area (Å²) in [4.78, 5) is 22.7. The molecule has 0 spiro atoms. The highest BCUT2D eigenvalue weighted by Gasteiger charge is 2.21. The van der Waals surface area contributed by atoms with Crippen molar-refractivity contribution in [3.63, 3.8) is 0 Å². The summed E-state index contributed by atoms with van der Waals surface area (Å²) in [5, 5.41) is 14.4. The number of hydrogen-bond acceptors (Lipinski definition) is 3. The van der Waals surface area contributed by atoms with E-state index < -0.39 is 12.0 Å². The first-order valence-electron chi connectivity index (χ1n) is 6.84. The van der Waals surface area contributed by atoms with Crippen LogP contribution >= 0.6 is 11.8 Å². The number of carbonyl (C=O) groups excluding carboxylic acids is 1. The third kappa shape index (κ3) is 6.71. The van der Waals surface area contributed by atoms with Gasteiger partial charge in [-0.3, -0.25) is 0 Å². The molecular formula is C13H24N2O3S. The minimum absolute atomic E-state index is 0.233. The van der Waals surface area contributed by atoms with Gasteiger partial charge in [0.15, 0.2) is 0 Å². The number of aliphatic carboxylic acids is 1. The molecule has 1 aliphatic heterocycles. The molecule has 5 nitrogen and oxygen atoms in total. The average molecular weight is 288 g/mol. The molecule has 3 N–H and O–H groups in total. The number of carbonyl (C=O) groups is 2. The lowest BCUT2D eigenvalue weighted by atomic mass is 10.0. The molecule has 0 aromatic carbocycles. The van der Waals surface area contributed by atoms with E-state index in [9.17, 15) is 9.59 Å². The lowest BCUT2D eigenvalue weighted by molar-refractivity contribution is -0.139. The number of carboxylic acid groups (broad SMARTS) is 1. The largest absolute Gasteiger partial charge is 0.480 e. The molecule has 1 unspecified atom stereocenters. The van der Waals surface area contributed by atoms with E-state index in [1.165, 1.54) is 0 Å². The molecule has 1 aliphatic rings. The van der Waals surface area contributed by atoms with Gasteiger partial charge in [0.05, 0.1) is 0 Å². The van der Waals surface area contributed by atoms with Gasteiger partial charge in [0, 0.05) is 6.54 Å². The second-order valence-corrected chi connectivity index (χ2v) is 6.66. The molecule has 1 atom stereocenters. The second kappa shape index (κ2) is 8.30. The lowest BCUT2D eigenvalue weighted by Crippen LogP contribution is -2.47. The summed E-state index contributed by atoms with van der Waals surface area (Å²) in [5.74, 6) is 2.09. The van der Waals surface area contributed by atoms with Crippen LogP contribution in [0, 0.1) is 11.8 Å². The van der Waals surface area contributed by atoms with Gasteiger partial charge >= 0.3 is 12.0 Å². The standard InChI is InChI=1S/C13H24N2O3S/c1-9(2)7-11(12(16)17)15-13(18)14-8-10-3-5-19-6-4-10/h9-11H,3-8H2,1-2H3,(H,16,17)(H2,14,15,18). The predicted octanol–water partition coefficient (Wildman–Crippen LogP) is 1.93. The van der Waals surface area contributed by atoms with Crippen LogP contribution in [0.3, 0.4) is 0 Å². The molecule has 0 radical (unpaired) electrons. The summed E-state index contributed by atoms with van der Waals surface area (Å²) in [6.07, 6.45) is 2.70. The second-order valence-electron chi connectivity index (χ2n) is 5.43. The van der Waals surface area contributed by atoms with Crippen LogP contribution in [-0.2, 0) is 4.79 Å². The zero-order valence-electron chi connectivity index (χ0n) is 11.6. The molecular weight excluding hydrogens is 264 g/mol. The van der Waals surface area contributed by atoms with Crippen molar-refractivity contribution in [1.82, 2.24) is 10.6 Å². The van der Waals surface area contributed by atoms with Crippen LogP contribution in [0.25, 0.3) is 0 Å². The Hall–Kier alpha value is -0.910. The quantitative estimate of drug-likeness (QED) is 0.698. The number of thioether (sulfide) groups is 1. The first-order valence-corrected chi connectivity index (χ1v) is 7.99. The van der Waals surface area contributed by atoms with E-state index in [2.05, 4.69) is 10.6 Å². The van der Waals surface area contributed by atoms with Gasteiger partial charge in [-0.05, 0) is 42.6 Å². The summed E-state index contributed by atoms with van der Waals surface area (Å²) < 4.78 is 0. The summed E-state index contributed by atoms with van der Waals surface area (Å²) in [6, 6.07) is -1.17. The molecule has 2 amide bonds. The van der Waals surface area contributed by atoms with Gasteiger partial charge in [-0.25, -0.2) is 9.59 Å². The minimum Gasteiger partial charge on any atom is -0.480 e. The van der Waals surface area contributed by atoms with Crippen molar-refractivity contribution in [2.45, 2.75) is 39.2 Å². The molecule has 1 saturated heterocycles. The number of carboxylic acids is 1. The Morgan fingerprint density at radius 1 is 1.32 bits per heavy atom. The minimum atomic E-state index is -0.974. The first-order chi connectivity index (χ1) is 8.99. The summed E-state index contributed by atoms with van der Waals surface area (Å²) in [5.41, 5.74) is 0. The van der Waals surface area contributed by atoms with E-state index in [4.69, 9.17) is 5.11 Å². The molecule has 6 heteroatoms. The van der Waals surface area contributed by atoms with Crippen molar-refractivity contribution in [2.75, 3.05) is 18.1 Å². The predicted molar refractivity (Wildman–Crippen MR) is 77.5 cm³/mol. The molecule has 1 heterocycles. The molecule has 0 aromatic rings. The smallest absolute Gasteiger partial charge is 0.326 e. The van der Waals surface area contributed by atoms with Gasteiger partial charge in [-0.1, -0.05) is 13.8 Å². The highest BCUT2D eigenvalue weighted by molar-refractivity contribution is 7.99. The van der Waals surface area contributed by atoms with E-state index in [0.29, 0.717) is 18.9 Å². The molecule has 1 fully saturated rings. The zero-order chi connectivity index (χ0) is 14.3. The van der Waals surface area contributed by atoms with Crippen molar-refractivity contribution in [1.29, 1.82) is 0 Å². The van der Waals surface area contributed by atoms with Crippen molar-refractivity contribution >= 4 is 23.8 Å². The van der Waals surface area contributed by atoms with E-state index in [1.54, 1.807) is 0 Å². The van der Waals surface area contributed by atoms with Gasteiger partial charge < -0.3 is 15.7 Å². The Kier molecular flexibility index (Phi) is 7.05. The maximum atomic E-state index is 11.7. The number of urea groups is 1. The molecule has 1 rings (SSSR count). The van der Waals surface area contributed by atoms with E-state index in [0.717, 1.165) is 24.3 Å². The van der Waals surface area contributed by atoms with E-state index in [-0.39, 0.29) is 11.9 Å². The van der Waals surface area contributed by atoms with Crippen LogP contribution in [0.2, 0.25) is 0 Å². The maximum Gasteiger partial charge on any atom is 0.326 e. The molecule has 0 aliphatic carbocycles. The first kappa shape index (κ1) is 16.1. The van der Waals surface area contributed by atoms with E-state index in [1.807, 2.05) is 25.6 Å². The number of hydrogen-bond donors (Lipinski definition) is 3. The molecule has 19 heavy (non-hydrogen) atoms. The van der Waals surface area contributed by atoms with Crippen LogP contribution in [0.15, 0.2) is 0 Å². The lowest BCUT2D eigenvalue weighted by Gasteiger charge is -2.22. The summed E-state index contributed by atoms with van der Waals surface area (Å²) in [6.45, 7) is 4.52. The fraction of sp³-hybridized carbons (Fsp3) is 0.846. The molecule has 0 saturated carbocycles. The third-order valence-electron chi connectivity index (χ3n) is 3.20. The summed E-state index contributed by atoms with van der Waals surface area (Å²) in [7, 11) is 0. The van der Waals surface area contributed by atoms with Crippen LogP contribution in [0.4, 0.5) is 4.79 Å². The van der Waals surface area contributed by atoms with Crippen LogP contribution in [-0.4, -0.2) is 41.2 Å². The highest BCUT2D eigenvalue weighted by atomic mass is 32.2. The third-order valence-corrected chi connectivity index (χ3v) is 4.25. The van der Waals surface area contributed by atoms with E-state index >= 15 is 0 Å². The Bertz CT molecular complexity index is 304. The number of rotatable bonds is 6. The fourth-order valence-electron chi connectivity index (χ4n) is 2.09. The molecule has 110 valence electrons. The Morgan fingerprint density at radius 2 is 1.95 bits per heavy atom. The highest BCUT2D eigenvalue weighted by Crippen LogP contribution is 2.21. The average Bonchev–Trinajstić information content (AvgIpc) is 2.36. The Labute approximate surface area is 118 Å². The van der Waals surface area contributed by atoms with Gasteiger partial charge in [0.25, 0.3) is 0 Å². The summed E-state index contributed by atoms with van der Waals surface area (Å²) >= 11 is 1.95. The zero-order valence-corrected chi connectivity index (χ0v) is 12.5. The van der Waals surface area contributed by atoms with Crippen LogP contribution in [0.1, 0.15) is 33.1 Å². The van der Waals surface area contributed by atoms with Gasteiger partial charge in [-0.15, -0.1) is 0 Å². The molecule has 0 aromatic heterocycles. The van der Waals surface area contributed by atoms with Crippen molar-refractivity contribution in [3.8, 4) is 0 Å². The van der Waals surface area contributed by atoms with Gasteiger partial charge in [-0.2, -0.15) is 11.8 Å². The van der Waals surface area contributed by atoms with Crippen LogP contribution in [0.5, 0.6) is 0 Å². The van der Waals surface area contributed by atoms with Gasteiger partial charge in [0.2, 0.25) is 0 Å². The fourth-order valence-corrected chi connectivity index (χ4v) is 3.29. The number of nitrogens with one attached hydrogen (secondary N) is 2. The van der Waals surface area contributed by atoms with Gasteiger partial charge in [0.1, 0.15) is 6.04 Å². The van der Waals surface area contributed by atoms with Crippen molar-refractivity contribution in [3.05, 3.63) is 0 Å². The topological polar surface area (TPSA) is 78.4 Å². The Morgan fingerprint density at radius 3 is 2.47 bits per heavy atom. The SMILES string of the molecule is CC(C)CC(NC(=O)NCC1CCSCC1)C(=O)O. The number of amides is 2. The monoisotopic (exact) mass is 288 g/mol. The Balaban J connectivity index is 2.29. The van der Waals surface area contributed by atoms with Crippen molar-refractivity contribution < 1.29 is 14.7 Å². The molecule has 0 bridgehead atoms. The maximum absolute atomic E-state index is 11.7. The normalized spacial score (nSPS) is 18.1. The van der Waals surface area contributed by atoms with Crippen LogP contribution < -0.4 is 10.6 Å².